The molecule has 3 saturated heterocycles. The molecule has 0 aliphatic carbocycles. The molecule has 2 amide bonds. The van der Waals surface area contributed by atoms with Gasteiger partial charge in [0.05, 0.1) is 37.2 Å². The number of nitrogens with zero attached hydrogens (tertiary/aromatic N) is 2. The number of ether oxygens (including phenoxy) is 2. The van der Waals surface area contributed by atoms with E-state index in [-0.39, 0.29) is 25.0 Å². The molecule has 3 aliphatic heterocycles. The number of halogens is 1. The second-order valence-electron chi connectivity index (χ2n) is 9.88. The van der Waals surface area contributed by atoms with Crippen LogP contribution in [0, 0.1) is 11.8 Å². The van der Waals surface area contributed by atoms with Crippen LogP contribution in [0.15, 0.2) is 67.3 Å². The van der Waals surface area contributed by atoms with E-state index in [1.807, 2.05) is 30.3 Å². The second-order valence-corrected chi connectivity index (χ2v) is 10.3. The highest BCUT2D eigenvalue weighted by atomic mass is 35.5. The lowest BCUT2D eigenvalue weighted by Crippen LogP contribution is -2.57. The van der Waals surface area contributed by atoms with Crippen molar-refractivity contribution in [3.05, 3.63) is 77.8 Å². The summed E-state index contributed by atoms with van der Waals surface area (Å²) < 4.78 is 11.8. The molecule has 3 fully saturated rings. The highest BCUT2D eigenvalue weighted by Crippen LogP contribution is 2.60. The van der Waals surface area contributed by atoms with Crippen LogP contribution in [0.25, 0.3) is 0 Å². The molecule has 3 aliphatic rings. The molecular formula is C29H31ClN2O6. The number of aliphatic hydroxyl groups is 1. The van der Waals surface area contributed by atoms with Gasteiger partial charge in [0.1, 0.15) is 11.6 Å². The summed E-state index contributed by atoms with van der Waals surface area (Å²) >= 11 is 6.10. The molecule has 2 aromatic carbocycles. The first-order valence-electron chi connectivity index (χ1n) is 12.9. The smallest absolute Gasteiger partial charge is 0.312 e. The standard InChI is InChI=1S/C29H31ClN2O6/c1-3-16-31(20-12-10-19(30)11-13-20)27(35)25-29-15-14-22(38-29)23(28(36)37-4-2)24(29)26(34)32(25)21(17-33)18-8-6-5-7-9-18/h3,5-13,21-25,33H,1,4,14-17H2,2H3/t21-,22-,23+,24+,25-,29+/m1/s1. The largest absolute Gasteiger partial charge is 0.466 e. The highest BCUT2D eigenvalue weighted by Gasteiger charge is 2.75. The number of aliphatic hydroxyl groups excluding tert-OH is 1. The van der Waals surface area contributed by atoms with E-state index in [9.17, 15) is 19.5 Å². The van der Waals surface area contributed by atoms with Gasteiger partial charge in [-0.1, -0.05) is 48.0 Å². The van der Waals surface area contributed by atoms with Gasteiger partial charge in [-0.05, 0) is 49.6 Å². The predicted octanol–water partition coefficient (Wildman–Crippen LogP) is 3.53. The molecular weight excluding hydrogens is 508 g/mol. The summed E-state index contributed by atoms with van der Waals surface area (Å²) in [5, 5.41) is 11.1. The number of amides is 2. The molecule has 38 heavy (non-hydrogen) atoms. The number of benzene rings is 2. The molecule has 9 heteroatoms. The van der Waals surface area contributed by atoms with Crippen LogP contribution in [-0.4, -0.2) is 65.3 Å². The molecule has 200 valence electrons. The van der Waals surface area contributed by atoms with Crippen molar-refractivity contribution in [2.45, 2.75) is 43.6 Å². The van der Waals surface area contributed by atoms with Crippen LogP contribution in [-0.2, 0) is 23.9 Å². The zero-order valence-electron chi connectivity index (χ0n) is 21.2. The fourth-order valence-corrected chi connectivity index (χ4v) is 6.59. The van der Waals surface area contributed by atoms with Gasteiger partial charge < -0.3 is 24.4 Å². The zero-order chi connectivity index (χ0) is 27.0. The molecule has 2 aromatic rings. The Morgan fingerprint density at radius 3 is 2.61 bits per heavy atom. The van der Waals surface area contributed by atoms with Gasteiger partial charge in [-0.3, -0.25) is 14.4 Å². The third-order valence-electron chi connectivity index (χ3n) is 7.94. The van der Waals surface area contributed by atoms with Crippen molar-refractivity contribution in [2.75, 3.05) is 24.7 Å². The summed E-state index contributed by atoms with van der Waals surface area (Å²) in [4.78, 5) is 44.8. The molecule has 1 spiro atoms. The van der Waals surface area contributed by atoms with Crippen molar-refractivity contribution in [2.24, 2.45) is 11.8 Å². The first-order valence-corrected chi connectivity index (χ1v) is 13.3. The van der Waals surface area contributed by atoms with Crippen molar-refractivity contribution in [3.63, 3.8) is 0 Å². The van der Waals surface area contributed by atoms with E-state index in [0.29, 0.717) is 29.1 Å². The Bertz CT molecular complexity index is 1220. The van der Waals surface area contributed by atoms with E-state index in [2.05, 4.69) is 6.58 Å². The Balaban J connectivity index is 1.64. The molecule has 5 rings (SSSR count). The summed E-state index contributed by atoms with van der Waals surface area (Å²) in [7, 11) is 0. The fraction of sp³-hybridized carbons (Fsp3) is 0.414. The van der Waals surface area contributed by atoms with Gasteiger partial charge in [0.2, 0.25) is 5.91 Å². The summed E-state index contributed by atoms with van der Waals surface area (Å²) in [6.07, 6.45) is 2.07. The molecule has 3 heterocycles. The summed E-state index contributed by atoms with van der Waals surface area (Å²) in [6.45, 7) is 5.49. The minimum atomic E-state index is -1.22. The molecule has 1 N–H and O–H groups in total. The minimum Gasteiger partial charge on any atom is -0.466 e. The van der Waals surface area contributed by atoms with Crippen molar-refractivity contribution in [1.29, 1.82) is 0 Å². The fourth-order valence-electron chi connectivity index (χ4n) is 6.46. The van der Waals surface area contributed by atoms with Crippen LogP contribution < -0.4 is 4.90 Å². The average Bonchev–Trinajstić information content (AvgIpc) is 3.57. The van der Waals surface area contributed by atoms with E-state index >= 15 is 0 Å². The summed E-state index contributed by atoms with van der Waals surface area (Å²) in [6, 6.07) is 14.0. The summed E-state index contributed by atoms with van der Waals surface area (Å²) in [5.74, 6) is -2.95. The maximum atomic E-state index is 14.5. The van der Waals surface area contributed by atoms with Gasteiger partial charge in [0, 0.05) is 17.3 Å². The molecule has 2 bridgehead atoms. The molecule has 0 saturated carbocycles. The Morgan fingerprint density at radius 1 is 1.26 bits per heavy atom. The zero-order valence-corrected chi connectivity index (χ0v) is 21.9. The van der Waals surface area contributed by atoms with Crippen LogP contribution in [0.3, 0.4) is 0 Å². The van der Waals surface area contributed by atoms with Crippen molar-refractivity contribution < 1.29 is 29.0 Å². The van der Waals surface area contributed by atoms with Gasteiger partial charge in [-0.25, -0.2) is 0 Å². The Kier molecular flexibility index (Phi) is 7.31. The monoisotopic (exact) mass is 538 g/mol. The number of rotatable bonds is 9. The lowest BCUT2D eigenvalue weighted by molar-refractivity contribution is -0.155. The van der Waals surface area contributed by atoms with Gasteiger partial charge in [0.15, 0.2) is 0 Å². The van der Waals surface area contributed by atoms with Crippen molar-refractivity contribution >= 4 is 35.1 Å². The lowest BCUT2D eigenvalue weighted by atomic mass is 9.70. The quantitative estimate of drug-likeness (QED) is 0.387. The van der Waals surface area contributed by atoms with E-state index in [4.69, 9.17) is 21.1 Å². The van der Waals surface area contributed by atoms with Crippen molar-refractivity contribution in [3.8, 4) is 0 Å². The van der Waals surface area contributed by atoms with E-state index in [0.717, 1.165) is 0 Å². The molecule has 0 radical (unpaired) electrons. The lowest BCUT2D eigenvalue weighted by Gasteiger charge is -2.39. The first-order chi connectivity index (χ1) is 18.4. The number of anilines is 1. The third-order valence-corrected chi connectivity index (χ3v) is 8.19. The van der Waals surface area contributed by atoms with Crippen molar-refractivity contribution in [1.82, 2.24) is 4.90 Å². The normalized spacial score (nSPS) is 28.2. The second kappa shape index (κ2) is 10.5. The van der Waals surface area contributed by atoms with E-state index in [1.54, 1.807) is 42.2 Å². The minimum absolute atomic E-state index is 0.176. The van der Waals surface area contributed by atoms with E-state index in [1.165, 1.54) is 4.90 Å². The van der Waals surface area contributed by atoms with Gasteiger partial charge in [0.25, 0.3) is 5.91 Å². The number of carbonyl (C=O) groups excluding carboxylic acids is 3. The first kappa shape index (κ1) is 26.4. The maximum Gasteiger partial charge on any atom is 0.312 e. The Hall–Kier alpha value is -3.20. The molecule has 0 aromatic heterocycles. The van der Waals surface area contributed by atoms with Crippen LogP contribution in [0.5, 0.6) is 0 Å². The highest BCUT2D eigenvalue weighted by molar-refractivity contribution is 6.30. The molecule has 6 atom stereocenters. The number of hydrogen-bond acceptors (Lipinski definition) is 6. The topological polar surface area (TPSA) is 96.4 Å². The SMILES string of the molecule is C=CCN(C(=O)[C@H]1N([C@H](CO)c2ccccc2)C(=O)[C@@H]2[C@@H](C(=O)OCC)[C@H]3CC[C@]21O3)c1ccc(Cl)cc1. The predicted molar refractivity (Wildman–Crippen MR) is 141 cm³/mol. The maximum absolute atomic E-state index is 14.5. The Morgan fingerprint density at radius 2 is 1.97 bits per heavy atom. The average molecular weight is 539 g/mol. The number of likely N-dealkylation sites (tertiary alicyclic amines) is 1. The number of carbonyl (C=O) groups is 3. The van der Waals surface area contributed by atoms with Gasteiger partial charge >= 0.3 is 5.97 Å². The van der Waals surface area contributed by atoms with Gasteiger partial charge in [-0.15, -0.1) is 6.58 Å². The Labute approximate surface area is 226 Å². The van der Waals surface area contributed by atoms with Crippen LogP contribution in [0.4, 0.5) is 5.69 Å². The summed E-state index contributed by atoms with van der Waals surface area (Å²) in [5.41, 5.74) is 0.0485. The third kappa shape index (κ3) is 4.11. The molecule has 0 unspecified atom stereocenters. The van der Waals surface area contributed by atoms with E-state index < -0.39 is 48.2 Å². The van der Waals surface area contributed by atoms with Gasteiger partial charge in [-0.2, -0.15) is 0 Å². The number of hydrogen-bond donors (Lipinski definition) is 1. The molecule has 8 nitrogen and oxygen atoms in total. The number of esters is 1. The van der Waals surface area contributed by atoms with Crippen LogP contribution in [0.1, 0.15) is 31.4 Å². The van der Waals surface area contributed by atoms with Crippen LogP contribution in [0.2, 0.25) is 5.02 Å². The number of fused-ring (bicyclic) bond motifs is 1. The van der Waals surface area contributed by atoms with Crippen LogP contribution >= 0.6 is 11.6 Å².